The van der Waals surface area contributed by atoms with E-state index >= 15 is 0 Å². The summed E-state index contributed by atoms with van der Waals surface area (Å²) >= 11 is 11.1. The summed E-state index contributed by atoms with van der Waals surface area (Å²) in [5.74, 6) is -2.39. The zero-order chi connectivity index (χ0) is 23.2. The molecule has 3 aromatic rings. The summed E-state index contributed by atoms with van der Waals surface area (Å²) in [5, 5.41) is 2.33. The Morgan fingerprint density at radius 1 is 1.03 bits per heavy atom. The van der Waals surface area contributed by atoms with Crippen molar-refractivity contribution in [2.24, 2.45) is 0 Å². The van der Waals surface area contributed by atoms with Crippen LogP contribution in [0.1, 0.15) is 17.0 Å². The summed E-state index contributed by atoms with van der Waals surface area (Å²) in [6, 6.07) is 11.5. The highest BCUT2D eigenvalue weighted by atomic mass is 35.5. The lowest BCUT2D eigenvalue weighted by Gasteiger charge is -2.28. The van der Waals surface area contributed by atoms with Crippen molar-refractivity contribution in [3.05, 3.63) is 87.7 Å². The number of aryl methyl sites for hydroxylation is 1. The molecular weight excluding hydrogens is 456 g/mol. The second-order valence-corrected chi connectivity index (χ2v) is 7.99. The van der Waals surface area contributed by atoms with Crippen LogP contribution in [-0.2, 0) is 9.59 Å². The summed E-state index contributed by atoms with van der Waals surface area (Å²) in [7, 11) is 0. The summed E-state index contributed by atoms with van der Waals surface area (Å²) < 4.78 is 29.1. The van der Waals surface area contributed by atoms with Crippen molar-refractivity contribution in [1.82, 2.24) is 9.88 Å². The van der Waals surface area contributed by atoms with Crippen molar-refractivity contribution in [2.75, 3.05) is 4.90 Å². The Labute approximate surface area is 192 Å². The molecule has 32 heavy (non-hydrogen) atoms. The molecule has 0 radical (unpaired) electrons. The van der Waals surface area contributed by atoms with E-state index in [9.17, 15) is 18.4 Å². The zero-order valence-electron chi connectivity index (χ0n) is 16.9. The normalized spacial score (nSPS) is 15.5. The molecule has 0 saturated carbocycles. The predicted molar refractivity (Wildman–Crippen MR) is 123 cm³/mol. The molecule has 1 aromatic heterocycles. The molecule has 2 heterocycles. The number of benzene rings is 2. The fourth-order valence-electron chi connectivity index (χ4n) is 3.62. The highest BCUT2D eigenvalue weighted by molar-refractivity contribution is 7.80. The van der Waals surface area contributed by atoms with Crippen LogP contribution in [0.5, 0.6) is 0 Å². The number of amides is 2. The monoisotopic (exact) mass is 471 g/mol. The van der Waals surface area contributed by atoms with Gasteiger partial charge in [-0.15, -0.1) is 0 Å². The molecule has 9 heteroatoms. The van der Waals surface area contributed by atoms with Gasteiger partial charge in [0.05, 0.1) is 10.7 Å². The van der Waals surface area contributed by atoms with Gasteiger partial charge in [-0.3, -0.25) is 19.8 Å². The number of nitrogens with one attached hydrogen (secondary N) is 1. The van der Waals surface area contributed by atoms with E-state index in [1.165, 1.54) is 36.4 Å². The maximum atomic E-state index is 13.7. The number of hydrogen-bond acceptors (Lipinski definition) is 3. The number of nitrogens with zero attached hydrogens (tertiary/aromatic N) is 2. The van der Waals surface area contributed by atoms with Gasteiger partial charge in [0.2, 0.25) is 0 Å². The molecule has 1 N–H and O–H groups in total. The molecule has 5 nitrogen and oxygen atoms in total. The van der Waals surface area contributed by atoms with Gasteiger partial charge in [0.1, 0.15) is 17.2 Å². The van der Waals surface area contributed by atoms with Gasteiger partial charge >= 0.3 is 0 Å². The largest absolute Gasteiger partial charge is 0.318 e. The van der Waals surface area contributed by atoms with Gasteiger partial charge in [0.25, 0.3) is 11.8 Å². The van der Waals surface area contributed by atoms with Gasteiger partial charge in [0, 0.05) is 17.1 Å². The standard InChI is InChI=1S/C23H16ClF2N3O2S/c1-12-8-14(13(2)28(12)17-6-7-20(26)19(24)11-17)9-18-21(30)27-23(32)29(22(18)31)16-5-3-4-15(25)10-16/h3-11H,1-2H3,(H,27,30,32)/b18-9+. The summed E-state index contributed by atoms with van der Waals surface area (Å²) in [6.07, 6.45) is 1.45. The fraction of sp³-hybridized carbons (Fsp3) is 0.0870. The van der Waals surface area contributed by atoms with Gasteiger partial charge < -0.3 is 4.57 Å². The van der Waals surface area contributed by atoms with Crippen LogP contribution in [0.4, 0.5) is 14.5 Å². The molecule has 1 saturated heterocycles. The number of thiocarbonyl (C=S) groups is 1. The lowest BCUT2D eigenvalue weighted by atomic mass is 10.1. The van der Waals surface area contributed by atoms with Crippen LogP contribution < -0.4 is 10.2 Å². The second kappa shape index (κ2) is 8.29. The van der Waals surface area contributed by atoms with Crippen LogP contribution in [-0.4, -0.2) is 21.5 Å². The van der Waals surface area contributed by atoms with Crippen LogP contribution in [0.2, 0.25) is 5.02 Å². The van der Waals surface area contributed by atoms with Gasteiger partial charge in [-0.25, -0.2) is 8.78 Å². The van der Waals surface area contributed by atoms with E-state index in [4.69, 9.17) is 23.8 Å². The molecule has 0 bridgehead atoms. The highest BCUT2D eigenvalue weighted by Crippen LogP contribution is 2.28. The Morgan fingerprint density at radius 3 is 2.47 bits per heavy atom. The van der Waals surface area contributed by atoms with E-state index in [2.05, 4.69) is 5.32 Å². The molecule has 2 aromatic carbocycles. The van der Waals surface area contributed by atoms with Crippen LogP contribution in [0.25, 0.3) is 11.8 Å². The Morgan fingerprint density at radius 2 is 1.78 bits per heavy atom. The third-order valence-corrected chi connectivity index (χ3v) is 5.67. The third kappa shape index (κ3) is 3.83. The molecule has 2 amide bonds. The third-order valence-electron chi connectivity index (χ3n) is 5.10. The Kier molecular flexibility index (Phi) is 5.66. The fourth-order valence-corrected chi connectivity index (χ4v) is 4.07. The minimum absolute atomic E-state index is 0.0176. The topological polar surface area (TPSA) is 54.3 Å². The van der Waals surface area contributed by atoms with E-state index in [1.807, 2.05) is 11.5 Å². The van der Waals surface area contributed by atoms with E-state index in [1.54, 1.807) is 19.1 Å². The molecule has 4 rings (SSSR count). The summed E-state index contributed by atoms with van der Waals surface area (Å²) in [4.78, 5) is 26.8. The number of carbonyl (C=O) groups is 2. The van der Waals surface area contributed by atoms with E-state index in [0.29, 0.717) is 16.9 Å². The first-order valence-electron chi connectivity index (χ1n) is 9.49. The van der Waals surface area contributed by atoms with Crippen molar-refractivity contribution in [2.45, 2.75) is 13.8 Å². The van der Waals surface area contributed by atoms with Crippen LogP contribution in [0, 0.1) is 25.5 Å². The predicted octanol–water partition coefficient (Wildman–Crippen LogP) is 4.86. The van der Waals surface area contributed by atoms with E-state index in [0.717, 1.165) is 16.7 Å². The average Bonchev–Trinajstić information content (AvgIpc) is 3.00. The first kappa shape index (κ1) is 21.9. The quantitative estimate of drug-likeness (QED) is 0.337. The van der Waals surface area contributed by atoms with Crippen molar-refractivity contribution >= 4 is 52.5 Å². The molecule has 1 aliphatic heterocycles. The van der Waals surface area contributed by atoms with Crippen molar-refractivity contribution in [1.29, 1.82) is 0 Å². The number of carbonyl (C=O) groups excluding carboxylic acids is 2. The zero-order valence-corrected chi connectivity index (χ0v) is 18.5. The first-order chi connectivity index (χ1) is 15.2. The molecule has 0 aliphatic carbocycles. The Balaban J connectivity index is 1.77. The average molecular weight is 472 g/mol. The minimum Gasteiger partial charge on any atom is -0.318 e. The highest BCUT2D eigenvalue weighted by Gasteiger charge is 2.35. The Hall–Kier alpha value is -3.36. The second-order valence-electron chi connectivity index (χ2n) is 7.20. The molecule has 1 fully saturated rings. The van der Waals surface area contributed by atoms with Crippen molar-refractivity contribution in [3.8, 4) is 5.69 Å². The van der Waals surface area contributed by atoms with E-state index in [-0.39, 0.29) is 21.4 Å². The van der Waals surface area contributed by atoms with E-state index < -0.39 is 23.4 Å². The summed E-state index contributed by atoms with van der Waals surface area (Å²) in [6.45, 7) is 3.64. The summed E-state index contributed by atoms with van der Waals surface area (Å²) in [5.41, 5.74) is 2.80. The van der Waals surface area contributed by atoms with Gasteiger partial charge in [-0.2, -0.15) is 0 Å². The van der Waals surface area contributed by atoms with Crippen LogP contribution in [0.3, 0.4) is 0 Å². The number of rotatable bonds is 3. The molecular formula is C23H16ClF2N3O2S. The van der Waals surface area contributed by atoms with Crippen molar-refractivity contribution < 1.29 is 18.4 Å². The minimum atomic E-state index is -0.668. The molecule has 1 aliphatic rings. The first-order valence-corrected chi connectivity index (χ1v) is 10.3. The lowest BCUT2D eigenvalue weighted by Crippen LogP contribution is -2.54. The maximum Gasteiger partial charge on any atom is 0.270 e. The smallest absolute Gasteiger partial charge is 0.270 e. The molecule has 0 unspecified atom stereocenters. The number of anilines is 1. The van der Waals surface area contributed by atoms with Crippen LogP contribution in [0.15, 0.2) is 54.1 Å². The van der Waals surface area contributed by atoms with Crippen LogP contribution >= 0.6 is 23.8 Å². The van der Waals surface area contributed by atoms with Gasteiger partial charge in [-0.05, 0) is 80.2 Å². The SMILES string of the molecule is Cc1cc(/C=C2\C(=O)NC(=S)N(c3cccc(F)c3)C2=O)c(C)n1-c1ccc(F)c(Cl)c1. The molecule has 0 atom stereocenters. The maximum absolute atomic E-state index is 13.7. The molecule has 162 valence electrons. The number of hydrogen-bond donors (Lipinski definition) is 1. The van der Waals surface area contributed by atoms with Gasteiger partial charge in [-0.1, -0.05) is 17.7 Å². The number of halogens is 3. The lowest BCUT2D eigenvalue weighted by molar-refractivity contribution is -0.122. The number of aromatic nitrogens is 1. The Bertz CT molecular complexity index is 1330. The van der Waals surface area contributed by atoms with Gasteiger partial charge in [0.15, 0.2) is 5.11 Å². The van der Waals surface area contributed by atoms with Crippen molar-refractivity contribution in [3.63, 3.8) is 0 Å². The molecule has 0 spiro atoms.